The average molecular weight is 402 g/mol. The van der Waals surface area contributed by atoms with Crippen LogP contribution in [0.1, 0.15) is 12.1 Å². The zero-order valence-electron chi connectivity index (χ0n) is 12.5. The highest BCUT2D eigenvalue weighted by atomic mass is 35.5. The van der Waals surface area contributed by atoms with Crippen molar-refractivity contribution in [3.8, 4) is 0 Å². The maximum atomic E-state index is 11.9. The van der Waals surface area contributed by atoms with Crippen LogP contribution in [0.3, 0.4) is 0 Å². The summed E-state index contributed by atoms with van der Waals surface area (Å²) in [5.41, 5.74) is -0.0744. The van der Waals surface area contributed by atoms with Crippen LogP contribution >= 0.6 is 35.0 Å². The quantitative estimate of drug-likeness (QED) is 0.658. The van der Waals surface area contributed by atoms with Gasteiger partial charge in [-0.15, -0.1) is 10.2 Å². The van der Waals surface area contributed by atoms with Crippen molar-refractivity contribution in [1.29, 1.82) is 0 Å². The third-order valence-electron chi connectivity index (χ3n) is 2.85. The Kier molecular flexibility index (Phi) is 6.80. The number of thioether (sulfide) groups is 1. The van der Waals surface area contributed by atoms with E-state index in [9.17, 15) is 19.5 Å². The number of nitrogens with one attached hydrogen (secondary N) is 2. The first kappa shape index (κ1) is 19.2. The third-order valence-corrected chi connectivity index (χ3v) is 4.46. The first-order valence-corrected chi connectivity index (χ1v) is 8.62. The Morgan fingerprint density at radius 2 is 2.00 bits per heavy atom. The second-order valence-electron chi connectivity index (χ2n) is 4.74. The summed E-state index contributed by atoms with van der Waals surface area (Å²) >= 11 is 12.6. The number of carboxylic acids is 1. The summed E-state index contributed by atoms with van der Waals surface area (Å²) < 4.78 is 0. The van der Waals surface area contributed by atoms with E-state index in [2.05, 4.69) is 20.5 Å². The van der Waals surface area contributed by atoms with Crippen molar-refractivity contribution in [1.82, 2.24) is 15.2 Å². The van der Waals surface area contributed by atoms with Crippen LogP contribution in [0.25, 0.3) is 0 Å². The molecule has 0 saturated heterocycles. The molecule has 132 valence electrons. The molecule has 0 aliphatic carbocycles. The van der Waals surface area contributed by atoms with E-state index >= 15 is 0 Å². The van der Waals surface area contributed by atoms with E-state index in [0.717, 1.165) is 11.8 Å². The number of carboxylic acid groups (broad SMARTS) is 1. The van der Waals surface area contributed by atoms with Gasteiger partial charge in [0.2, 0.25) is 5.91 Å². The lowest BCUT2D eigenvalue weighted by Gasteiger charge is -2.06. The van der Waals surface area contributed by atoms with Gasteiger partial charge in [0, 0.05) is 18.1 Å². The fraction of sp³-hybridized carbons (Fsp3) is 0.214. The standard InChI is InChI=1S/C14H12Cl2N4O4S/c15-8-2-1-7(5-9(8)16)17-11(21)6-25-14-18-13(24)10(19-20-14)3-4-12(22)23/h1-2,5H,3-4,6H2,(H,17,21)(H,22,23)(H,18,20,24)/p-1. The van der Waals surface area contributed by atoms with Crippen molar-refractivity contribution < 1.29 is 14.7 Å². The lowest BCUT2D eigenvalue weighted by Crippen LogP contribution is -2.25. The first-order chi connectivity index (χ1) is 11.8. The largest absolute Gasteiger partial charge is 0.550 e. The van der Waals surface area contributed by atoms with E-state index in [4.69, 9.17) is 23.2 Å². The van der Waals surface area contributed by atoms with E-state index in [1.165, 1.54) is 6.07 Å². The molecule has 1 aromatic carbocycles. The van der Waals surface area contributed by atoms with Gasteiger partial charge in [-0.05, 0) is 24.6 Å². The van der Waals surface area contributed by atoms with E-state index < -0.39 is 11.5 Å². The smallest absolute Gasteiger partial charge is 0.273 e. The molecule has 0 unspecified atom stereocenters. The lowest BCUT2D eigenvalue weighted by molar-refractivity contribution is -0.305. The molecule has 1 aromatic heterocycles. The van der Waals surface area contributed by atoms with E-state index in [1.54, 1.807) is 12.1 Å². The van der Waals surface area contributed by atoms with Crippen LogP contribution in [-0.4, -0.2) is 32.8 Å². The normalized spacial score (nSPS) is 10.5. The number of H-pyrrole nitrogens is 1. The summed E-state index contributed by atoms with van der Waals surface area (Å²) in [6, 6.07) is 4.67. The molecule has 0 saturated carbocycles. The number of rotatable bonds is 7. The minimum Gasteiger partial charge on any atom is -0.550 e. The monoisotopic (exact) mass is 401 g/mol. The Morgan fingerprint density at radius 1 is 1.24 bits per heavy atom. The van der Waals surface area contributed by atoms with Crippen LogP contribution in [0, 0.1) is 0 Å². The number of hydrogen-bond acceptors (Lipinski definition) is 7. The molecule has 0 atom stereocenters. The lowest BCUT2D eigenvalue weighted by atomic mass is 10.2. The Balaban J connectivity index is 1.90. The summed E-state index contributed by atoms with van der Waals surface area (Å²) in [6.07, 6.45) is -0.399. The predicted molar refractivity (Wildman–Crippen MR) is 91.8 cm³/mol. The van der Waals surface area contributed by atoms with Crippen LogP contribution in [0.5, 0.6) is 0 Å². The summed E-state index contributed by atoms with van der Waals surface area (Å²) in [7, 11) is 0. The fourth-order valence-electron chi connectivity index (χ4n) is 1.70. The van der Waals surface area contributed by atoms with Gasteiger partial charge in [-0.2, -0.15) is 0 Å². The topological polar surface area (TPSA) is 128 Å². The van der Waals surface area contributed by atoms with Crippen molar-refractivity contribution >= 4 is 52.5 Å². The number of carbonyl (C=O) groups is 2. The number of nitrogens with zero attached hydrogens (tertiary/aromatic N) is 2. The Labute approximate surface area is 155 Å². The number of aryl methyl sites for hydroxylation is 1. The number of carbonyl (C=O) groups excluding carboxylic acids is 2. The number of aromatic nitrogens is 3. The molecule has 25 heavy (non-hydrogen) atoms. The van der Waals surface area contributed by atoms with Gasteiger partial charge in [-0.1, -0.05) is 35.0 Å². The maximum Gasteiger partial charge on any atom is 0.273 e. The molecule has 0 fully saturated rings. The van der Waals surface area contributed by atoms with Crippen LogP contribution in [0.2, 0.25) is 10.0 Å². The maximum absolute atomic E-state index is 11.9. The van der Waals surface area contributed by atoms with Crippen molar-refractivity contribution in [2.45, 2.75) is 18.0 Å². The Hall–Kier alpha value is -2.10. The minimum absolute atomic E-state index is 0.00573. The molecule has 8 nitrogen and oxygen atoms in total. The van der Waals surface area contributed by atoms with Gasteiger partial charge in [0.25, 0.3) is 5.56 Å². The molecule has 1 heterocycles. The van der Waals surface area contributed by atoms with Gasteiger partial charge in [0.1, 0.15) is 5.69 Å². The zero-order chi connectivity index (χ0) is 18.4. The summed E-state index contributed by atoms with van der Waals surface area (Å²) in [5, 5.41) is 21.3. The van der Waals surface area contributed by atoms with E-state index in [1.807, 2.05) is 0 Å². The summed E-state index contributed by atoms with van der Waals surface area (Å²) in [4.78, 5) is 36.5. The van der Waals surface area contributed by atoms with Crippen molar-refractivity contribution in [2.75, 3.05) is 11.1 Å². The zero-order valence-corrected chi connectivity index (χ0v) is 14.9. The van der Waals surface area contributed by atoms with Crippen LogP contribution in [-0.2, 0) is 16.0 Å². The number of benzene rings is 1. The minimum atomic E-state index is -1.28. The fourth-order valence-corrected chi connectivity index (χ4v) is 2.60. The van der Waals surface area contributed by atoms with Gasteiger partial charge in [-0.25, -0.2) is 0 Å². The third kappa shape index (κ3) is 6.04. The van der Waals surface area contributed by atoms with Crippen molar-refractivity contribution in [3.63, 3.8) is 0 Å². The number of aromatic amines is 1. The van der Waals surface area contributed by atoms with Gasteiger partial charge < -0.3 is 15.2 Å². The number of halogens is 2. The molecule has 2 N–H and O–H groups in total. The van der Waals surface area contributed by atoms with Gasteiger partial charge >= 0.3 is 0 Å². The van der Waals surface area contributed by atoms with Crippen LogP contribution in [0.15, 0.2) is 28.2 Å². The predicted octanol–water partition coefficient (Wildman–Crippen LogP) is 0.885. The van der Waals surface area contributed by atoms with Gasteiger partial charge in [0.15, 0.2) is 5.16 Å². The molecule has 1 amide bonds. The summed E-state index contributed by atoms with van der Waals surface area (Å²) in [6.45, 7) is 0. The molecule has 0 aliphatic heterocycles. The second kappa shape index (κ2) is 8.84. The number of anilines is 1. The molecule has 0 radical (unpaired) electrons. The number of amides is 1. The molecule has 11 heteroatoms. The Bertz CT molecular complexity index is 859. The van der Waals surface area contributed by atoms with Crippen LogP contribution < -0.4 is 16.0 Å². The molecule has 0 spiro atoms. The van der Waals surface area contributed by atoms with Gasteiger partial charge in [0.05, 0.1) is 15.8 Å². The Morgan fingerprint density at radius 3 is 2.64 bits per heavy atom. The number of hydrogen-bond donors (Lipinski definition) is 2. The SMILES string of the molecule is O=C([O-])CCc1nnc(SCC(=O)Nc2ccc(Cl)c(Cl)c2)[nH]c1=O. The number of aliphatic carboxylic acids is 1. The first-order valence-electron chi connectivity index (χ1n) is 6.88. The summed E-state index contributed by atoms with van der Waals surface area (Å²) in [5.74, 6) is -1.64. The molecule has 2 rings (SSSR count). The van der Waals surface area contributed by atoms with Crippen molar-refractivity contribution in [3.05, 3.63) is 44.3 Å². The highest BCUT2D eigenvalue weighted by molar-refractivity contribution is 7.99. The molecule has 2 aromatic rings. The van der Waals surface area contributed by atoms with Crippen molar-refractivity contribution in [2.24, 2.45) is 0 Å². The average Bonchev–Trinajstić information content (AvgIpc) is 2.55. The molecule has 0 bridgehead atoms. The second-order valence-corrected chi connectivity index (χ2v) is 6.52. The van der Waals surface area contributed by atoms with E-state index in [0.29, 0.717) is 15.7 Å². The van der Waals surface area contributed by atoms with E-state index in [-0.39, 0.29) is 35.4 Å². The van der Waals surface area contributed by atoms with Gasteiger partial charge in [-0.3, -0.25) is 14.6 Å². The highest BCUT2D eigenvalue weighted by Gasteiger charge is 2.09. The molecule has 0 aliphatic rings. The van der Waals surface area contributed by atoms with Crippen LogP contribution in [0.4, 0.5) is 5.69 Å². The highest BCUT2D eigenvalue weighted by Crippen LogP contribution is 2.25. The molecular formula is C14H11Cl2N4O4S-. The molecular weight excluding hydrogens is 391 g/mol.